The number of hydrogen-bond acceptors (Lipinski definition) is 3. The summed E-state index contributed by atoms with van der Waals surface area (Å²) in [7, 11) is 0. The predicted octanol–water partition coefficient (Wildman–Crippen LogP) is 2.69. The van der Waals surface area contributed by atoms with Crippen LogP contribution in [-0.4, -0.2) is 49.6 Å². The zero-order valence-corrected chi connectivity index (χ0v) is 16.3. The predicted molar refractivity (Wildman–Crippen MR) is 104 cm³/mol. The van der Waals surface area contributed by atoms with E-state index in [1.165, 1.54) is 0 Å². The highest BCUT2D eigenvalue weighted by molar-refractivity contribution is 9.10. The summed E-state index contributed by atoms with van der Waals surface area (Å²) in [4.78, 5) is 29.0. The van der Waals surface area contributed by atoms with Gasteiger partial charge in [-0.25, -0.2) is 0 Å². The second-order valence-electron chi connectivity index (χ2n) is 6.90. The number of nitrogens with zero attached hydrogens (tertiary/aromatic N) is 2. The lowest BCUT2D eigenvalue weighted by molar-refractivity contribution is -0.138. The number of carbonyl (C=O) groups is 2. The molecule has 1 aromatic rings. The van der Waals surface area contributed by atoms with E-state index in [0.29, 0.717) is 32.2 Å². The maximum atomic E-state index is 12.9. The first-order chi connectivity index (χ1) is 12.6. The number of rotatable bonds is 5. The first kappa shape index (κ1) is 18.9. The molecule has 0 radical (unpaired) electrons. The molecule has 2 heterocycles. The van der Waals surface area contributed by atoms with Gasteiger partial charge in [0.2, 0.25) is 11.8 Å². The van der Waals surface area contributed by atoms with Crippen LogP contribution in [0.25, 0.3) is 0 Å². The molecule has 6 heteroatoms. The molecule has 2 saturated heterocycles. The fraction of sp³-hybridized carbons (Fsp3) is 0.500. The summed E-state index contributed by atoms with van der Waals surface area (Å²) < 4.78 is 6.36. The second kappa shape index (κ2) is 8.70. The minimum atomic E-state index is -0.271. The summed E-state index contributed by atoms with van der Waals surface area (Å²) in [5, 5.41) is 0. The van der Waals surface area contributed by atoms with Crippen molar-refractivity contribution in [2.45, 2.75) is 19.3 Å². The number of amides is 2. The molecular weight excluding hydrogens is 396 g/mol. The van der Waals surface area contributed by atoms with E-state index in [1.807, 2.05) is 29.2 Å². The molecule has 0 aromatic heterocycles. The van der Waals surface area contributed by atoms with E-state index in [1.54, 1.807) is 4.90 Å². The summed E-state index contributed by atoms with van der Waals surface area (Å²) >= 11 is 3.43. The summed E-state index contributed by atoms with van der Waals surface area (Å²) in [5.74, 6) is 2.60. The van der Waals surface area contributed by atoms with Crippen LogP contribution in [-0.2, 0) is 14.3 Å². The van der Waals surface area contributed by atoms with Crippen molar-refractivity contribution in [1.82, 2.24) is 4.90 Å². The topological polar surface area (TPSA) is 49.9 Å². The van der Waals surface area contributed by atoms with Gasteiger partial charge < -0.3 is 14.5 Å². The van der Waals surface area contributed by atoms with Gasteiger partial charge in [0.15, 0.2) is 0 Å². The fourth-order valence-corrected chi connectivity index (χ4v) is 4.10. The van der Waals surface area contributed by atoms with E-state index in [-0.39, 0.29) is 24.2 Å². The molecule has 2 aliphatic heterocycles. The number of piperidine rings is 1. The van der Waals surface area contributed by atoms with Crippen molar-refractivity contribution in [2.75, 3.05) is 37.7 Å². The Balaban J connectivity index is 1.60. The number of hydrogen-bond donors (Lipinski definition) is 0. The number of anilines is 1. The van der Waals surface area contributed by atoms with Gasteiger partial charge in [0.25, 0.3) is 0 Å². The van der Waals surface area contributed by atoms with Crippen LogP contribution in [0.1, 0.15) is 19.3 Å². The van der Waals surface area contributed by atoms with Crippen LogP contribution in [0.3, 0.4) is 0 Å². The molecule has 2 unspecified atom stereocenters. The molecule has 0 aliphatic carbocycles. The Morgan fingerprint density at radius 1 is 1.38 bits per heavy atom. The number of halogens is 1. The van der Waals surface area contributed by atoms with Crippen LogP contribution in [0.15, 0.2) is 28.7 Å². The van der Waals surface area contributed by atoms with Crippen molar-refractivity contribution < 1.29 is 14.3 Å². The average Bonchev–Trinajstić information content (AvgIpc) is 3.03. The van der Waals surface area contributed by atoms with Crippen LogP contribution in [0.2, 0.25) is 0 Å². The van der Waals surface area contributed by atoms with E-state index in [4.69, 9.17) is 11.2 Å². The minimum absolute atomic E-state index is 0.00682. The van der Waals surface area contributed by atoms with E-state index < -0.39 is 0 Å². The third-order valence-corrected chi connectivity index (χ3v) is 5.46. The SMILES string of the molecule is C#CCOCC1CCCN(C(=O)C2CC(=O)N(c3cccc(Br)c3)C2)C1. The van der Waals surface area contributed by atoms with Gasteiger partial charge in [-0.15, -0.1) is 6.42 Å². The first-order valence-electron chi connectivity index (χ1n) is 8.94. The van der Waals surface area contributed by atoms with Crippen LogP contribution >= 0.6 is 15.9 Å². The zero-order valence-electron chi connectivity index (χ0n) is 14.7. The highest BCUT2D eigenvalue weighted by atomic mass is 79.9. The Labute approximate surface area is 162 Å². The summed E-state index contributed by atoms with van der Waals surface area (Å²) in [6, 6.07) is 7.62. The van der Waals surface area contributed by atoms with Crippen molar-refractivity contribution in [1.29, 1.82) is 0 Å². The quantitative estimate of drug-likeness (QED) is 0.545. The van der Waals surface area contributed by atoms with Crippen LogP contribution < -0.4 is 4.90 Å². The van der Waals surface area contributed by atoms with Crippen molar-refractivity contribution in [2.24, 2.45) is 11.8 Å². The number of ether oxygens (including phenoxy) is 1. The van der Waals surface area contributed by atoms with Crippen molar-refractivity contribution in [3.05, 3.63) is 28.7 Å². The van der Waals surface area contributed by atoms with E-state index >= 15 is 0 Å². The van der Waals surface area contributed by atoms with Crippen molar-refractivity contribution in [3.63, 3.8) is 0 Å². The normalized spacial score (nSPS) is 23.2. The van der Waals surface area contributed by atoms with E-state index in [2.05, 4.69) is 21.9 Å². The largest absolute Gasteiger partial charge is 0.368 e. The second-order valence-corrected chi connectivity index (χ2v) is 7.81. The molecule has 2 aliphatic rings. The maximum absolute atomic E-state index is 12.9. The highest BCUT2D eigenvalue weighted by Crippen LogP contribution is 2.29. The van der Waals surface area contributed by atoms with Gasteiger partial charge in [-0.3, -0.25) is 9.59 Å². The Morgan fingerprint density at radius 2 is 2.23 bits per heavy atom. The number of benzene rings is 1. The van der Waals surface area contributed by atoms with Gasteiger partial charge >= 0.3 is 0 Å². The zero-order chi connectivity index (χ0) is 18.5. The van der Waals surface area contributed by atoms with E-state index in [0.717, 1.165) is 29.5 Å². The molecule has 2 fully saturated rings. The number of carbonyl (C=O) groups excluding carboxylic acids is 2. The third kappa shape index (κ3) is 4.46. The molecule has 0 saturated carbocycles. The lowest BCUT2D eigenvalue weighted by Gasteiger charge is -2.34. The van der Waals surface area contributed by atoms with Crippen molar-refractivity contribution >= 4 is 33.4 Å². The van der Waals surface area contributed by atoms with Gasteiger partial charge in [-0.1, -0.05) is 27.9 Å². The number of likely N-dealkylation sites (tertiary alicyclic amines) is 1. The molecule has 0 N–H and O–H groups in total. The summed E-state index contributed by atoms with van der Waals surface area (Å²) in [6.07, 6.45) is 7.49. The summed E-state index contributed by atoms with van der Waals surface area (Å²) in [6.45, 7) is 2.78. The van der Waals surface area contributed by atoms with Gasteiger partial charge in [-0.2, -0.15) is 0 Å². The molecule has 26 heavy (non-hydrogen) atoms. The Hall–Kier alpha value is -1.84. The molecule has 2 amide bonds. The third-order valence-electron chi connectivity index (χ3n) is 4.96. The molecule has 1 aromatic carbocycles. The molecule has 3 rings (SSSR count). The molecular formula is C20H23BrN2O3. The highest BCUT2D eigenvalue weighted by Gasteiger charge is 2.38. The van der Waals surface area contributed by atoms with Crippen LogP contribution in [0.5, 0.6) is 0 Å². The standard InChI is InChI=1S/C20H23BrN2O3/c1-2-9-26-14-15-5-4-8-22(12-15)20(25)16-10-19(24)23(13-16)18-7-3-6-17(21)11-18/h1,3,6-7,11,15-16H,4-5,8-10,12-14H2. The lowest BCUT2D eigenvalue weighted by atomic mass is 9.97. The van der Waals surface area contributed by atoms with Gasteiger partial charge in [-0.05, 0) is 37.0 Å². The Kier molecular flexibility index (Phi) is 6.33. The first-order valence-corrected chi connectivity index (χ1v) is 9.73. The number of terminal acetylenes is 1. The van der Waals surface area contributed by atoms with Crippen molar-refractivity contribution in [3.8, 4) is 12.3 Å². The smallest absolute Gasteiger partial charge is 0.228 e. The monoisotopic (exact) mass is 418 g/mol. The molecule has 138 valence electrons. The van der Waals surface area contributed by atoms with Gasteiger partial charge in [0.1, 0.15) is 6.61 Å². The lowest BCUT2D eigenvalue weighted by Crippen LogP contribution is -2.44. The maximum Gasteiger partial charge on any atom is 0.228 e. The van der Waals surface area contributed by atoms with E-state index in [9.17, 15) is 9.59 Å². The summed E-state index contributed by atoms with van der Waals surface area (Å²) in [5.41, 5.74) is 0.832. The Morgan fingerprint density at radius 3 is 3.00 bits per heavy atom. The molecule has 2 atom stereocenters. The Bertz CT molecular complexity index is 715. The average molecular weight is 419 g/mol. The minimum Gasteiger partial charge on any atom is -0.368 e. The van der Waals surface area contributed by atoms with Gasteiger partial charge in [0, 0.05) is 36.2 Å². The van der Waals surface area contributed by atoms with Crippen LogP contribution in [0, 0.1) is 24.2 Å². The molecule has 5 nitrogen and oxygen atoms in total. The van der Waals surface area contributed by atoms with Gasteiger partial charge in [0.05, 0.1) is 12.5 Å². The fourth-order valence-electron chi connectivity index (χ4n) is 3.71. The molecule has 0 spiro atoms. The molecule has 0 bridgehead atoms. The van der Waals surface area contributed by atoms with Crippen LogP contribution in [0.4, 0.5) is 5.69 Å².